The number of hydrogen-bond acceptors (Lipinski definition) is 1. The molecule has 1 aromatic rings. The van der Waals surface area contributed by atoms with Crippen LogP contribution in [-0.4, -0.2) is 10.7 Å². The van der Waals surface area contributed by atoms with Crippen LogP contribution >= 0.6 is 15.9 Å². The maximum absolute atomic E-state index is 10.5. The van der Waals surface area contributed by atoms with Crippen LogP contribution < -0.4 is 0 Å². The summed E-state index contributed by atoms with van der Waals surface area (Å²) < 4.78 is 1.09. The molecule has 1 aliphatic rings. The fourth-order valence-electron chi connectivity index (χ4n) is 2.18. The topological polar surface area (TPSA) is 20.2 Å². The van der Waals surface area contributed by atoms with Gasteiger partial charge in [-0.1, -0.05) is 35.0 Å². The largest absolute Gasteiger partial charge is 0.389 e. The summed E-state index contributed by atoms with van der Waals surface area (Å²) in [6, 6.07) is 8.24. The first-order chi connectivity index (χ1) is 7.14. The van der Waals surface area contributed by atoms with Gasteiger partial charge in [0.05, 0.1) is 5.60 Å². The molecule has 1 aliphatic carbocycles. The minimum Gasteiger partial charge on any atom is -0.389 e. The Bertz CT molecular complexity index is 346. The summed E-state index contributed by atoms with van der Waals surface area (Å²) in [4.78, 5) is 0. The SMILES string of the molecule is CCC(O)(Cc1cccc(Br)c1)C1CC1. The van der Waals surface area contributed by atoms with Gasteiger partial charge in [-0.3, -0.25) is 0 Å². The zero-order valence-electron chi connectivity index (χ0n) is 9.04. The number of halogens is 1. The minimum atomic E-state index is -0.471. The molecule has 0 spiro atoms. The quantitative estimate of drug-likeness (QED) is 0.886. The molecule has 1 atom stereocenters. The first kappa shape index (κ1) is 11.2. The Hall–Kier alpha value is -0.340. The van der Waals surface area contributed by atoms with Crippen LogP contribution in [0.15, 0.2) is 28.7 Å². The van der Waals surface area contributed by atoms with Crippen molar-refractivity contribution in [1.82, 2.24) is 0 Å². The lowest BCUT2D eigenvalue weighted by atomic mass is 9.87. The third-order valence-corrected chi connectivity index (χ3v) is 3.84. The number of aliphatic hydroxyl groups is 1. The Kier molecular flexibility index (Phi) is 3.17. The predicted octanol–water partition coefficient (Wildman–Crippen LogP) is 3.54. The normalized spacial score (nSPS) is 19.9. The average Bonchev–Trinajstić information content (AvgIpc) is 3.01. The molecular weight excluding hydrogens is 252 g/mol. The smallest absolute Gasteiger partial charge is 0.0713 e. The lowest BCUT2D eigenvalue weighted by Crippen LogP contribution is -2.33. The highest BCUT2D eigenvalue weighted by Gasteiger charge is 2.42. The molecule has 0 amide bonds. The van der Waals surface area contributed by atoms with Gasteiger partial charge in [0.15, 0.2) is 0 Å². The number of rotatable bonds is 4. The van der Waals surface area contributed by atoms with Gasteiger partial charge >= 0.3 is 0 Å². The van der Waals surface area contributed by atoms with Crippen LogP contribution in [0.3, 0.4) is 0 Å². The first-order valence-electron chi connectivity index (χ1n) is 5.61. The molecule has 0 radical (unpaired) electrons. The summed E-state index contributed by atoms with van der Waals surface area (Å²) in [6.45, 7) is 2.08. The van der Waals surface area contributed by atoms with Gasteiger partial charge < -0.3 is 5.11 Å². The fraction of sp³-hybridized carbons (Fsp3) is 0.538. The van der Waals surface area contributed by atoms with Crippen LogP contribution in [0, 0.1) is 5.92 Å². The second-order valence-electron chi connectivity index (χ2n) is 4.54. The number of hydrogen-bond donors (Lipinski definition) is 1. The molecule has 2 rings (SSSR count). The Morgan fingerprint density at radius 3 is 2.73 bits per heavy atom. The van der Waals surface area contributed by atoms with E-state index in [1.165, 1.54) is 18.4 Å². The molecule has 0 saturated heterocycles. The van der Waals surface area contributed by atoms with Crippen molar-refractivity contribution in [3.05, 3.63) is 34.3 Å². The highest BCUT2D eigenvalue weighted by molar-refractivity contribution is 9.10. The number of benzene rings is 1. The van der Waals surface area contributed by atoms with Gasteiger partial charge in [0.2, 0.25) is 0 Å². The van der Waals surface area contributed by atoms with E-state index in [2.05, 4.69) is 35.0 Å². The molecule has 82 valence electrons. The van der Waals surface area contributed by atoms with Crippen molar-refractivity contribution in [2.75, 3.05) is 0 Å². The summed E-state index contributed by atoms with van der Waals surface area (Å²) >= 11 is 3.46. The van der Waals surface area contributed by atoms with E-state index in [4.69, 9.17) is 0 Å². The summed E-state index contributed by atoms with van der Waals surface area (Å²) in [5.41, 5.74) is 0.751. The van der Waals surface area contributed by atoms with E-state index >= 15 is 0 Å². The third kappa shape index (κ3) is 2.61. The molecule has 1 N–H and O–H groups in total. The Labute approximate surface area is 99.6 Å². The summed E-state index contributed by atoms with van der Waals surface area (Å²) in [5.74, 6) is 0.529. The standard InChI is InChI=1S/C13H17BrO/c1-2-13(15,11-6-7-11)9-10-4-3-5-12(14)8-10/h3-5,8,11,15H,2,6-7,9H2,1H3. The average molecular weight is 269 g/mol. The van der Waals surface area contributed by atoms with Gasteiger partial charge in [0, 0.05) is 10.9 Å². The third-order valence-electron chi connectivity index (χ3n) is 3.35. The first-order valence-corrected chi connectivity index (χ1v) is 6.40. The van der Waals surface area contributed by atoms with E-state index in [-0.39, 0.29) is 0 Å². The van der Waals surface area contributed by atoms with Crippen LogP contribution in [0.1, 0.15) is 31.7 Å². The lowest BCUT2D eigenvalue weighted by Gasteiger charge is -2.26. The van der Waals surface area contributed by atoms with E-state index in [9.17, 15) is 5.11 Å². The molecule has 2 heteroatoms. The zero-order valence-corrected chi connectivity index (χ0v) is 10.6. The monoisotopic (exact) mass is 268 g/mol. The summed E-state index contributed by atoms with van der Waals surface area (Å²) in [5, 5.41) is 10.5. The van der Waals surface area contributed by atoms with E-state index in [0.717, 1.165) is 17.3 Å². The second kappa shape index (κ2) is 4.26. The van der Waals surface area contributed by atoms with Gasteiger partial charge in [-0.05, 0) is 42.9 Å². The molecule has 1 unspecified atom stereocenters. The van der Waals surface area contributed by atoms with Crippen LogP contribution in [0.25, 0.3) is 0 Å². The molecule has 0 aliphatic heterocycles. The predicted molar refractivity (Wildman–Crippen MR) is 65.8 cm³/mol. The minimum absolute atomic E-state index is 0.471. The van der Waals surface area contributed by atoms with E-state index < -0.39 is 5.60 Å². The zero-order chi connectivity index (χ0) is 10.9. The van der Waals surface area contributed by atoms with E-state index in [1.54, 1.807) is 0 Å². The fourth-order valence-corrected chi connectivity index (χ4v) is 2.63. The summed E-state index contributed by atoms with van der Waals surface area (Å²) in [7, 11) is 0. The molecule has 0 heterocycles. The van der Waals surface area contributed by atoms with Crippen LogP contribution in [0.4, 0.5) is 0 Å². The maximum atomic E-state index is 10.5. The van der Waals surface area contributed by atoms with Crippen LogP contribution in [0.5, 0.6) is 0 Å². The molecule has 1 aromatic carbocycles. The Morgan fingerprint density at radius 2 is 2.20 bits per heavy atom. The van der Waals surface area contributed by atoms with Gasteiger partial charge in [0.25, 0.3) is 0 Å². The summed E-state index contributed by atoms with van der Waals surface area (Å²) in [6.07, 6.45) is 4.02. The van der Waals surface area contributed by atoms with Crippen molar-refractivity contribution in [2.45, 2.75) is 38.2 Å². The molecular formula is C13H17BrO. The van der Waals surface area contributed by atoms with Gasteiger partial charge in [-0.15, -0.1) is 0 Å². The van der Waals surface area contributed by atoms with Crippen molar-refractivity contribution in [2.24, 2.45) is 5.92 Å². The molecule has 15 heavy (non-hydrogen) atoms. The molecule has 1 nitrogen and oxygen atoms in total. The Balaban J connectivity index is 2.12. The van der Waals surface area contributed by atoms with Gasteiger partial charge in [0.1, 0.15) is 0 Å². The van der Waals surface area contributed by atoms with Gasteiger partial charge in [-0.2, -0.15) is 0 Å². The second-order valence-corrected chi connectivity index (χ2v) is 5.45. The van der Waals surface area contributed by atoms with Crippen LogP contribution in [-0.2, 0) is 6.42 Å². The molecule has 1 saturated carbocycles. The van der Waals surface area contributed by atoms with Crippen molar-refractivity contribution in [3.8, 4) is 0 Å². The van der Waals surface area contributed by atoms with Crippen molar-refractivity contribution >= 4 is 15.9 Å². The molecule has 1 fully saturated rings. The van der Waals surface area contributed by atoms with Crippen molar-refractivity contribution in [1.29, 1.82) is 0 Å². The molecule has 0 bridgehead atoms. The maximum Gasteiger partial charge on any atom is 0.0713 e. The van der Waals surface area contributed by atoms with Crippen LogP contribution in [0.2, 0.25) is 0 Å². The molecule has 0 aromatic heterocycles. The van der Waals surface area contributed by atoms with E-state index in [0.29, 0.717) is 5.92 Å². The van der Waals surface area contributed by atoms with E-state index in [1.807, 2.05) is 12.1 Å². The van der Waals surface area contributed by atoms with Crippen molar-refractivity contribution < 1.29 is 5.11 Å². The Morgan fingerprint density at radius 1 is 1.47 bits per heavy atom. The van der Waals surface area contributed by atoms with Gasteiger partial charge in [-0.25, -0.2) is 0 Å². The highest BCUT2D eigenvalue weighted by Crippen LogP contribution is 2.43. The highest BCUT2D eigenvalue weighted by atomic mass is 79.9. The lowest BCUT2D eigenvalue weighted by molar-refractivity contribution is 0.0139. The van der Waals surface area contributed by atoms with Crippen molar-refractivity contribution in [3.63, 3.8) is 0 Å².